The van der Waals surface area contributed by atoms with Crippen molar-refractivity contribution < 1.29 is 32.5 Å². The molecule has 0 atom stereocenters. The van der Waals surface area contributed by atoms with E-state index in [1.165, 1.54) is 45.7 Å². The van der Waals surface area contributed by atoms with Gasteiger partial charge in [-0.05, 0) is 42.3 Å². The highest BCUT2D eigenvalue weighted by molar-refractivity contribution is 7.90. The molecular formula is C20H21NO7S. The average molecular weight is 419 g/mol. The zero-order valence-electron chi connectivity index (χ0n) is 16.2. The molecule has 0 spiro atoms. The Morgan fingerprint density at radius 1 is 1.00 bits per heavy atom. The number of nitrogens with zero attached hydrogens (tertiary/aromatic N) is 1. The van der Waals surface area contributed by atoms with Gasteiger partial charge in [0.05, 0.1) is 26.8 Å². The first-order valence-corrected chi connectivity index (χ1v) is 10.1. The van der Waals surface area contributed by atoms with E-state index in [4.69, 9.17) is 19.3 Å². The Bertz CT molecular complexity index is 1170. The summed E-state index contributed by atoms with van der Waals surface area (Å²) in [5, 5.41) is 9.64. The normalized spacial score (nSPS) is 11.4. The number of hydrogen-bond acceptors (Lipinski definition) is 6. The summed E-state index contributed by atoms with van der Waals surface area (Å²) in [4.78, 5) is 11.0. The molecule has 0 unspecified atom stereocenters. The second-order valence-corrected chi connectivity index (χ2v) is 8.03. The van der Waals surface area contributed by atoms with Crippen molar-refractivity contribution in [3.63, 3.8) is 0 Å². The molecular weight excluding hydrogens is 398 g/mol. The largest absolute Gasteiger partial charge is 0.497 e. The van der Waals surface area contributed by atoms with Gasteiger partial charge in [-0.15, -0.1) is 0 Å². The van der Waals surface area contributed by atoms with Crippen LogP contribution in [0.1, 0.15) is 12.0 Å². The van der Waals surface area contributed by atoms with E-state index in [2.05, 4.69) is 0 Å². The number of carbonyl (C=O) groups is 1. The summed E-state index contributed by atoms with van der Waals surface area (Å²) in [5.74, 6) is 0.191. The van der Waals surface area contributed by atoms with E-state index in [9.17, 15) is 13.2 Å². The van der Waals surface area contributed by atoms with Crippen molar-refractivity contribution in [3.8, 4) is 17.2 Å². The summed E-state index contributed by atoms with van der Waals surface area (Å²) in [6.07, 6.45) is 1.51. The van der Waals surface area contributed by atoms with Gasteiger partial charge < -0.3 is 19.3 Å². The molecule has 154 valence electrons. The fraction of sp³-hybridized carbons (Fsp3) is 0.250. The van der Waals surface area contributed by atoms with Crippen LogP contribution >= 0.6 is 0 Å². The smallest absolute Gasteiger partial charge is 0.303 e. The number of ether oxygens (including phenoxy) is 3. The van der Waals surface area contributed by atoms with E-state index in [-0.39, 0.29) is 23.5 Å². The lowest BCUT2D eigenvalue weighted by molar-refractivity contribution is -0.136. The molecule has 0 bridgehead atoms. The van der Waals surface area contributed by atoms with E-state index >= 15 is 0 Å². The first-order valence-electron chi connectivity index (χ1n) is 8.69. The molecule has 0 amide bonds. The Morgan fingerprint density at radius 2 is 1.66 bits per heavy atom. The van der Waals surface area contributed by atoms with Crippen molar-refractivity contribution in [1.82, 2.24) is 3.97 Å². The van der Waals surface area contributed by atoms with E-state index in [1.807, 2.05) is 0 Å². The molecule has 2 aromatic carbocycles. The second-order valence-electron chi connectivity index (χ2n) is 6.25. The maximum atomic E-state index is 13.4. The fourth-order valence-corrected chi connectivity index (χ4v) is 4.64. The highest BCUT2D eigenvalue weighted by Gasteiger charge is 2.25. The molecule has 0 fully saturated rings. The molecule has 8 nitrogen and oxygen atoms in total. The zero-order chi connectivity index (χ0) is 21.2. The molecule has 0 saturated heterocycles. The number of benzene rings is 2. The molecule has 1 aromatic heterocycles. The van der Waals surface area contributed by atoms with Crippen molar-refractivity contribution in [3.05, 3.63) is 48.2 Å². The van der Waals surface area contributed by atoms with E-state index in [1.54, 1.807) is 18.2 Å². The highest BCUT2D eigenvalue weighted by atomic mass is 32.2. The number of rotatable bonds is 8. The summed E-state index contributed by atoms with van der Waals surface area (Å²) < 4.78 is 43.6. The van der Waals surface area contributed by atoms with Crippen molar-refractivity contribution in [1.29, 1.82) is 0 Å². The number of aromatic nitrogens is 1. The van der Waals surface area contributed by atoms with E-state index in [0.29, 0.717) is 28.0 Å². The molecule has 3 aromatic rings. The molecule has 0 radical (unpaired) electrons. The maximum Gasteiger partial charge on any atom is 0.303 e. The van der Waals surface area contributed by atoms with Gasteiger partial charge in [0, 0.05) is 24.1 Å². The number of fused-ring (bicyclic) bond motifs is 1. The van der Waals surface area contributed by atoms with Gasteiger partial charge in [0.2, 0.25) is 0 Å². The highest BCUT2D eigenvalue weighted by Crippen LogP contribution is 2.34. The third kappa shape index (κ3) is 3.86. The third-order valence-electron chi connectivity index (χ3n) is 4.58. The van der Waals surface area contributed by atoms with Crippen LogP contribution in [0.3, 0.4) is 0 Å². The number of methoxy groups -OCH3 is 3. The van der Waals surface area contributed by atoms with E-state index in [0.717, 1.165) is 3.97 Å². The van der Waals surface area contributed by atoms with E-state index < -0.39 is 16.0 Å². The Hall–Kier alpha value is -3.20. The van der Waals surface area contributed by atoms with Gasteiger partial charge in [0.15, 0.2) is 0 Å². The number of aryl methyl sites for hydroxylation is 1. The van der Waals surface area contributed by atoms with Crippen LogP contribution in [0.15, 0.2) is 47.5 Å². The maximum absolute atomic E-state index is 13.4. The summed E-state index contributed by atoms with van der Waals surface area (Å²) in [6.45, 7) is 0. The summed E-state index contributed by atoms with van der Waals surface area (Å²) in [6, 6.07) is 9.43. The van der Waals surface area contributed by atoms with Crippen molar-refractivity contribution >= 4 is 26.9 Å². The molecule has 0 aliphatic heterocycles. The topological polar surface area (TPSA) is 104 Å². The third-order valence-corrected chi connectivity index (χ3v) is 6.29. The van der Waals surface area contributed by atoms with Gasteiger partial charge in [-0.1, -0.05) is 0 Å². The minimum Gasteiger partial charge on any atom is -0.497 e. The van der Waals surface area contributed by atoms with Crippen LogP contribution in [0.2, 0.25) is 0 Å². The molecule has 0 saturated carbocycles. The van der Waals surface area contributed by atoms with Gasteiger partial charge in [0.1, 0.15) is 22.1 Å². The number of aliphatic carboxylic acids is 1. The predicted octanol–water partition coefficient (Wildman–Crippen LogP) is 2.92. The molecule has 1 N–H and O–H groups in total. The lowest BCUT2D eigenvalue weighted by atomic mass is 10.1. The van der Waals surface area contributed by atoms with Crippen LogP contribution in [0.25, 0.3) is 10.9 Å². The van der Waals surface area contributed by atoms with Gasteiger partial charge in [0.25, 0.3) is 10.0 Å². The first kappa shape index (κ1) is 20.5. The summed E-state index contributed by atoms with van der Waals surface area (Å²) in [7, 11) is 0.342. The second kappa shape index (κ2) is 8.04. The van der Waals surface area contributed by atoms with Gasteiger partial charge in [-0.2, -0.15) is 0 Å². The molecule has 0 aliphatic carbocycles. The van der Waals surface area contributed by atoms with Gasteiger partial charge >= 0.3 is 5.97 Å². The predicted molar refractivity (Wildman–Crippen MR) is 107 cm³/mol. The monoisotopic (exact) mass is 419 g/mol. The Labute approximate surface area is 168 Å². The summed E-state index contributed by atoms with van der Waals surface area (Å²) in [5.41, 5.74) is 1.02. The molecule has 0 aliphatic rings. The van der Waals surface area contributed by atoms with Crippen LogP contribution in [0, 0.1) is 0 Å². The Balaban J connectivity index is 2.21. The van der Waals surface area contributed by atoms with Crippen molar-refractivity contribution in [2.75, 3.05) is 21.3 Å². The lowest BCUT2D eigenvalue weighted by Crippen LogP contribution is -2.13. The first-order chi connectivity index (χ1) is 13.8. The van der Waals surface area contributed by atoms with Crippen molar-refractivity contribution in [2.24, 2.45) is 0 Å². The Kier molecular flexibility index (Phi) is 5.69. The summed E-state index contributed by atoms with van der Waals surface area (Å²) >= 11 is 0. The molecule has 29 heavy (non-hydrogen) atoms. The quantitative estimate of drug-likeness (QED) is 0.599. The van der Waals surface area contributed by atoms with Crippen LogP contribution in [0.4, 0.5) is 0 Å². The van der Waals surface area contributed by atoms with Crippen LogP contribution in [-0.2, 0) is 21.2 Å². The standard InChI is InChI=1S/C20H21NO7S/c1-26-14-5-7-17-16(10-14)13(4-9-20(22)23)12-21(17)29(24,25)19-8-6-15(27-2)11-18(19)28-3/h5-8,10-12H,4,9H2,1-3H3,(H,22,23). The average Bonchev–Trinajstić information content (AvgIpc) is 3.10. The number of carboxylic acids is 1. The molecule has 9 heteroatoms. The molecule has 3 rings (SSSR count). The van der Waals surface area contributed by atoms with Crippen LogP contribution in [-0.4, -0.2) is 44.8 Å². The van der Waals surface area contributed by atoms with Crippen LogP contribution in [0.5, 0.6) is 17.2 Å². The minimum absolute atomic E-state index is 0.0293. The van der Waals surface area contributed by atoms with Crippen molar-refractivity contribution in [2.45, 2.75) is 17.7 Å². The SMILES string of the molecule is COc1ccc(S(=O)(=O)n2cc(CCC(=O)O)c3cc(OC)ccc32)c(OC)c1. The van der Waals surface area contributed by atoms with Crippen LogP contribution < -0.4 is 14.2 Å². The molecule has 1 heterocycles. The van der Waals surface area contributed by atoms with Gasteiger partial charge in [-0.3, -0.25) is 4.79 Å². The number of hydrogen-bond donors (Lipinski definition) is 1. The fourth-order valence-electron chi connectivity index (χ4n) is 3.11. The Morgan fingerprint density at radius 3 is 2.28 bits per heavy atom. The lowest BCUT2D eigenvalue weighted by Gasteiger charge is -2.13. The minimum atomic E-state index is -4.02. The zero-order valence-corrected chi connectivity index (χ0v) is 17.0. The van der Waals surface area contributed by atoms with Gasteiger partial charge in [-0.25, -0.2) is 12.4 Å². The number of carboxylic acid groups (broad SMARTS) is 1.